The summed E-state index contributed by atoms with van der Waals surface area (Å²) in [5, 5.41) is 11.1. The Labute approximate surface area is 242 Å². The molecule has 39 heavy (non-hydrogen) atoms. The molecular formula is C35H66N4. The van der Waals surface area contributed by atoms with E-state index in [9.17, 15) is 0 Å². The number of hydrogen-bond donors (Lipinski definition) is 4. The Morgan fingerprint density at radius 3 is 2.33 bits per heavy atom. The van der Waals surface area contributed by atoms with Crippen molar-refractivity contribution in [3.63, 3.8) is 0 Å². The predicted octanol–water partition coefficient (Wildman–Crippen LogP) is 7.19. The largest absolute Gasteiger partial charge is 0.330 e. The molecule has 0 heterocycles. The lowest BCUT2D eigenvalue weighted by molar-refractivity contribution is -0.0441. The van der Waals surface area contributed by atoms with Gasteiger partial charge in [0.25, 0.3) is 0 Å². The van der Waals surface area contributed by atoms with Gasteiger partial charge in [-0.05, 0) is 157 Å². The number of hydrogen-bond acceptors (Lipinski definition) is 4. The summed E-state index contributed by atoms with van der Waals surface area (Å²) in [7, 11) is 0. The van der Waals surface area contributed by atoms with Crippen LogP contribution < -0.4 is 21.7 Å². The van der Waals surface area contributed by atoms with Crippen LogP contribution in [0.1, 0.15) is 130 Å². The zero-order valence-corrected chi connectivity index (χ0v) is 26.3. The molecule has 0 radical (unpaired) electrons. The molecule has 3 fully saturated rings. The van der Waals surface area contributed by atoms with Crippen LogP contribution in [0.3, 0.4) is 0 Å². The second-order valence-corrected chi connectivity index (χ2v) is 14.5. The first-order valence-corrected chi connectivity index (χ1v) is 17.6. The molecule has 4 nitrogen and oxygen atoms in total. The van der Waals surface area contributed by atoms with Crippen molar-refractivity contribution < 1.29 is 0 Å². The molecular weight excluding hydrogens is 476 g/mol. The minimum absolute atomic E-state index is 0.488. The van der Waals surface area contributed by atoms with Gasteiger partial charge in [-0.1, -0.05) is 58.1 Å². The zero-order valence-electron chi connectivity index (χ0n) is 26.3. The summed E-state index contributed by atoms with van der Waals surface area (Å²) >= 11 is 0. The van der Waals surface area contributed by atoms with Gasteiger partial charge >= 0.3 is 0 Å². The molecule has 7 unspecified atom stereocenters. The van der Waals surface area contributed by atoms with E-state index in [0.717, 1.165) is 69.4 Å². The van der Waals surface area contributed by atoms with Crippen molar-refractivity contribution in [1.82, 2.24) is 16.0 Å². The highest BCUT2D eigenvalue weighted by atomic mass is 14.9. The van der Waals surface area contributed by atoms with Crippen LogP contribution in [0.5, 0.6) is 0 Å². The van der Waals surface area contributed by atoms with Crippen molar-refractivity contribution in [2.45, 2.75) is 136 Å². The quantitative estimate of drug-likeness (QED) is 0.109. The maximum Gasteiger partial charge on any atom is 0.0105 e. The van der Waals surface area contributed by atoms with E-state index in [0.29, 0.717) is 16.9 Å². The smallest absolute Gasteiger partial charge is 0.0105 e. The monoisotopic (exact) mass is 543 g/mol. The molecule has 0 aromatic rings. The molecule has 0 aromatic carbocycles. The van der Waals surface area contributed by atoms with Gasteiger partial charge in [0.1, 0.15) is 0 Å². The summed E-state index contributed by atoms with van der Waals surface area (Å²) in [6.07, 6.45) is 26.4. The number of nitrogens with one attached hydrogen (secondary N) is 3. The fraction of sp³-hybridized carbons (Fsp3) is 0.943. The summed E-state index contributed by atoms with van der Waals surface area (Å²) in [5.74, 6) is 3.93. The highest BCUT2D eigenvalue weighted by Gasteiger charge is 2.58. The number of unbranched alkanes of at least 4 members (excludes halogenated alkanes) is 4. The van der Waals surface area contributed by atoms with E-state index in [-0.39, 0.29) is 0 Å². The summed E-state index contributed by atoms with van der Waals surface area (Å²) < 4.78 is 0. The van der Waals surface area contributed by atoms with Crippen molar-refractivity contribution in [2.24, 2.45) is 40.2 Å². The molecule has 226 valence electrons. The van der Waals surface area contributed by atoms with Gasteiger partial charge in [-0.2, -0.15) is 0 Å². The molecule has 0 spiro atoms. The van der Waals surface area contributed by atoms with E-state index in [4.69, 9.17) is 5.73 Å². The van der Waals surface area contributed by atoms with Crippen molar-refractivity contribution in [3.05, 3.63) is 11.6 Å². The van der Waals surface area contributed by atoms with Crippen LogP contribution in [-0.4, -0.2) is 45.3 Å². The van der Waals surface area contributed by atoms with E-state index in [1.54, 1.807) is 0 Å². The Bertz CT molecular complexity index is 736. The van der Waals surface area contributed by atoms with Gasteiger partial charge in [-0.15, -0.1) is 0 Å². The van der Waals surface area contributed by atoms with Gasteiger partial charge in [0.15, 0.2) is 0 Å². The van der Waals surface area contributed by atoms with E-state index in [1.807, 2.05) is 5.57 Å². The van der Waals surface area contributed by atoms with Crippen LogP contribution in [0.4, 0.5) is 0 Å². The third kappa shape index (κ3) is 7.90. The molecule has 4 aliphatic carbocycles. The van der Waals surface area contributed by atoms with Crippen molar-refractivity contribution in [2.75, 3.05) is 39.3 Å². The van der Waals surface area contributed by atoms with Crippen LogP contribution in [0.25, 0.3) is 0 Å². The van der Waals surface area contributed by atoms with Gasteiger partial charge in [0.05, 0.1) is 0 Å². The standard InChI is InChI=1S/C35H66N4/c1-4-5-6-7-12-28-14-16-32-31-15-13-29-27-30(17-19-35(29,3)33(31)18-20-34(28,32)2)39-26-11-25-38-23-9-8-22-37-24-10-21-36/h13,28,30-33,37-39H,4-12,14-27,36H2,1-3H3. The Balaban J connectivity index is 1.16. The highest BCUT2D eigenvalue weighted by molar-refractivity contribution is 5.25. The molecule has 7 atom stereocenters. The molecule has 4 heteroatoms. The van der Waals surface area contributed by atoms with Gasteiger partial charge in [0, 0.05) is 6.04 Å². The van der Waals surface area contributed by atoms with Crippen LogP contribution in [0.15, 0.2) is 11.6 Å². The number of rotatable bonds is 18. The minimum atomic E-state index is 0.488. The minimum Gasteiger partial charge on any atom is -0.330 e. The average molecular weight is 543 g/mol. The van der Waals surface area contributed by atoms with E-state index in [2.05, 4.69) is 42.8 Å². The number of nitrogens with two attached hydrogens (primary N) is 1. The fourth-order valence-electron chi connectivity index (χ4n) is 9.73. The third-order valence-electron chi connectivity index (χ3n) is 12.2. The van der Waals surface area contributed by atoms with Gasteiger partial charge in [0.2, 0.25) is 0 Å². The molecule has 5 N–H and O–H groups in total. The Morgan fingerprint density at radius 1 is 0.795 bits per heavy atom. The van der Waals surface area contributed by atoms with Gasteiger partial charge < -0.3 is 21.7 Å². The Hall–Kier alpha value is -0.420. The highest BCUT2D eigenvalue weighted by Crippen LogP contribution is 2.66. The molecule has 0 aliphatic heterocycles. The average Bonchev–Trinajstić information content (AvgIpc) is 3.28. The van der Waals surface area contributed by atoms with Crippen molar-refractivity contribution >= 4 is 0 Å². The van der Waals surface area contributed by atoms with Gasteiger partial charge in [-0.25, -0.2) is 0 Å². The van der Waals surface area contributed by atoms with E-state index in [1.165, 1.54) is 103 Å². The first-order chi connectivity index (χ1) is 19.0. The van der Waals surface area contributed by atoms with Crippen LogP contribution in [0.2, 0.25) is 0 Å². The van der Waals surface area contributed by atoms with Crippen LogP contribution >= 0.6 is 0 Å². The molecule has 4 rings (SSSR count). The topological polar surface area (TPSA) is 62.1 Å². The second-order valence-electron chi connectivity index (χ2n) is 14.5. The van der Waals surface area contributed by atoms with Crippen LogP contribution in [-0.2, 0) is 0 Å². The van der Waals surface area contributed by atoms with Crippen molar-refractivity contribution in [1.29, 1.82) is 0 Å². The van der Waals surface area contributed by atoms with Gasteiger partial charge in [-0.3, -0.25) is 0 Å². The molecule has 0 bridgehead atoms. The normalized spacial score (nSPS) is 35.8. The van der Waals surface area contributed by atoms with E-state index < -0.39 is 0 Å². The summed E-state index contributed by atoms with van der Waals surface area (Å²) in [4.78, 5) is 0. The SMILES string of the molecule is CCCCCCC1CCC2C3CC=C4CC(NCCCNCCCCNCCCN)CCC4(C)C3CCC12C. The zero-order chi connectivity index (χ0) is 27.6. The summed E-state index contributed by atoms with van der Waals surface area (Å²) in [5.41, 5.74) is 8.50. The first-order valence-electron chi connectivity index (χ1n) is 17.6. The summed E-state index contributed by atoms with van der Waals surface area (Å²) in [6, 6.07) is 0.702. The third-order valence-corrected chi connectivity index (χ3v) is 12.2. The molecule has 3 saturated carbocycles. The van der Waals surface area contributed by atoms with Crippen molar-refractivity contribution in [3.8, 4) is 0 Å². The fourth-order valence-corrected chi connectivity index (χ4v) is 9.73. The Morgan fingerprint density at radius 2 is 1.56 bits per heavy atom. The maximum atomic E-state index is 5.54. The van der Waals surface area contributed by atoms with E-state index >= 15 is 0 Å². The lowest BCUT2D eigenvalue weighted by atomic mass is 9.47. The first kappa shape index (κ1) is 31.5. The molecule has 0 aromatic heterocycles. The predicted molar refractivity (Wildman–Crippen MR) is 169 cm³/mol. The number of fused-ring (bicyclic) bond motifs is 5. The summed E-state index contributed by atoms with van der Waals surface area (Å²) in [6.45, 7) is 14.2. The second kappa shape index (κ2) is 15.7. The molecule has 4 aliphatic rings. The van der Waals surface area contributed by atoms with Crippen LogP contribution in [0, 0.1) is 34.5 Å². The lowest BCUT2D eigenvalue weighted by Crippen LogP contribution is -2.51. The molecule has 0 saturated heterocycles. The maximum absolute atomic E-state index is 5.54. The number of allylic oxidation sites excluding steroid dienone is 1. The lowest BCUT2D eigenvalue weighted by Gasteiger charge is -2.58. The Kier molecular flexibility index (Phi) is 12.7. The molecule has 0 amide bonds.